The van der Waals surface area contributed by atoms with Crippen LogP contribution >= 0.6 is 0 Å². The molecule has 7 heteroatoms. The van der Waals surface area contributed by atoms with Gasteiger partial charge in [0.25, 0.3) is 5.91 Å². The van der Waals surface area contributed by atoms with Crippen LogP contribution in [0.5, 0.6) is 0 Å². The van der Waals surface area contributed by atoms with Crippen LogP contribution in [0.3, 0.4) is 0 Å². The molecule has 0 fully saturated rings. The number of esters is 1. The van der Waals surface area contributed by atoms with E-state index in [9.17, 15) is 13.8 Å². The van der Waals surface area contributed by atoms with Gasteiger partial charge in [0.15, 0.2) is 6.04 Å². The molecule has 1 amide bonds. The first-order valence-electron chi connectivity index (χ1n) is 10.3. The van der Waals surface area contributed by atoms with Crippen LogP contribution in [-0.4, -0.2) is 34.4 Å². The van der Waals surface area contributed by atoms with Gasteiger partial charge in [-0.25, -0.2) is 9.78 Å². The third kappa shape index (κ3) is 4.54. The number of carbonyl (C=O) groups is 2. The molecule has 33 heavy (non-hydrogen) atoms. The number of rotatable bonds is 6. The van der Waals surface area contributed by atoms with Crippen LogP contribution < -0.4 is 5.32 Å². The first-order valence-corrected chi connectivity index (χ1v) is 11.8. The molecule has 1 aromatic heterocycles. The Kier molecular flexibility index (Phi) is 6.60. The molecule has 1 heterocycles. The van der Waals surface area contributed by atoms with Gasteiger partial charge in [-0.3, -0.25) is 9.00 Å². The van der Waals surface area contributed by atoms with E-state index >= 15 is 0 Å². The Labute approximate surface area is 194 Å². The Bertz CT molecular complexity index is 1340. The first-order chi connectivity index (χ1) is 16.0. The monoisotopic (exact) mass is 458 g/mol. The Hall–Kier alpha value is -3.84. The number of methoxy groups -OCH3 is 1. The third-order valence-electron chi connectivity index (χ3n) is 5.25. The fourth-order valence-electron chi connectivity index (χ4n) is 3.74. The van der Waals surface area contributed by atoms with Gasteiger partial charge >= 0.3 is 5.97 Å². The minimum Gasteiger partial charge on any atom is -0.467 e. The van der Waals surface area contributed by atoms with Gasteiger partial charge < -0.3 is 10.1 Å². The van der Waals surface area contributed by atoms with E-state index in [2.05, 4.69) is 5.32 Å². The van der Waals surface area contributed by atoms with E-state index < -0.39 is 28.7 Å². The quantitative estimate of drug-likeness (QED) is 0.436. The maximum absolute atomic E-state index is 13.7. The van der Waals surface area contributed by atoms with Crippen LogP contribution in [-0.2, 0) is 20.3 Å². The molecule has 4 rings (SSSR count). The lowest BCUT2D eigenvalue weighted by Gasteiger charge is -2.20. The summed E-state index contributed by atoms with van der Waals surface area (Å²) in [7, 11) is -0.270. The second-order valence-electron chi connectivity index (χ2n) is 7.34. The number of hydrogen-bond acceptors (Lipinski definition) is 5. The van der Waals surface area contributed by atoms with Crippen molar-refractivity contribution < 1.29 is 18.5 Å². The standard InChI is InChI=1S/C26H22N2O4S/c1-32-26(30)23(18-13-7-4-8-14-18)28-25(29)21-19-15-9-10-16-20(19)27-22(24(21)33(2)31)17-11-5-3-6-12-17/h3-16,23H,1-2H3,(H,28,29)/t23-,33?/m1/s1. The highest BCUT2D eigenvalue weighted by Crippen LogP contribution is 2.33. The van der Waals surface area contributed by atoms with Crippen molar-refractivity contribution in [2.24, 2.45) is 0 Å². The van der Waals surface area contributed by atoms with Crippen molar-refractivity contribution in [2.45, 2.75) is 10.9 Å². The highest BCUT2D eigenvalue weighted by molar-refractivity contribution is 7.84. The molecule has 1 N–H and O–H groups in total. The van der Waals surface area contributed by atoms with E-state index in [1.165, 1.54) is 13.4 Å². The highest BCUT2D eigenvalue weighted by Gasteiger charge is 2.29. The fraction of sp³-hybridized carbons (Fsp3) is 0.115. The summed E-state index contributed by atoms with van der Waals surface area (Å²) in [6, 6.07) is 24.3. The average Bonchev–Trinajstić information content (AvgIpc) is 2.86. The van der Waals surface area contributed by atoms with Gasteiger partial charge in [-0.2, -0.15) is 0 Å². The number of hydrogen-bond donors (Lipinski definition) is 1. The average molecular weight is 459 g/mol. The van der Waals surface area contributed by atoms with Gasteiger partial charge in [-0.05, 0) is 11.6 Å². The summed E-state index contributed by atoms with van der Waals surface area (Å²) in [5.41, 5.74) is 2.61. The zero-order valence-corrected chi connectivity index (χ0v) is 19.0. The molecule has 2 atom stereocenters. The van der Waals surface area contributed by atoms with Crippen molar-refractivity contribution >= 4 is 33.6 Å². The van der Waals surface area contributed by atoms with Gasteiger partial charge in [-0.1, -0.05) is 78.9 Å². The number of pyridine rings is 1. The van der Waals surface area contributed by atoms with E-state index in [0.717, 1.165) is 5.56 Å². The molecule has 0 saturated carbocycles. The maximum atomic E-state index is 13.7. The molecule has 4 aromatic rings. The Morgan fingerprint density at radius 3 is 2.15 bits per heavy atom. The van der Waals surface area contributed by atoms with Crippen LogP contribution in [0, 0.1) is 0 Å². The van der Waals surface area contributed by atoms with Crippen molar-refractivity contribution in [3.8, 4) is 11.3 Å². The smallest absolute Gasteiger partial charge is 0.333 e. The number of amides is 1. The summed E-state index contributed by atoms with van der Waals surface area (Å²) in [5, 5.41) is 3.34. The van der Waals surface area contributed by atoms with Gasteiger partial charge in [0.1, 0.15) is 0 Å². The van der Waals surface area contributed by atoms with Crippen LogP contribution in [0.15, 0.2) is 89.8 Å². The normalized spacial score (nSPS) is 12.7. The predicted octanol–water partition coefficient (Wildman–Crippen LogP) is 4.28. The predicted molar refractivity (Wildman–Crippen MR) is 128 cm³/mol. The van der Waals surface area contributed by atoms with Gasteiger partial charge in [0, 0.05) is 17.2 Å². The second-order valence-corrected chi connectivity index (χ2v) is 8.66. The molecular weight excluding hydrogens is 436 g/mol. The number of ether oxygens (including phenoxy) is 1. The maximum Gasteiger partial charge on any atom is 0.333 e. The summed E-state index contributed by atoms with van der Waals surface area (Å²) >= 11 is 0. The Morgan fingerprint density at radius 2 is 1.52 bits per heavy atom. The molecule has 0 aliphatic rings. The van der Waals surface area contributed by atoms with E-state index in [0.29, 0.717) is 27.1 Å². The zero-order chi connectivity index (χ0) is 23.4. The third-order valence-corrected chi connectivity index (χ3v) is 6.23. The number of benzene rings is 3. The second kappa shape index (κ2) is 9.75. The molecule has 0 bridgehead atoms. The summed E-state index contributed by atoms with van der Waals surface area (Å²) in [4.78, 5) is 31.3. The molecule has 3 aromatic carbocycles. The molecule has 0 aliphatic heterocycles. The summed E-state index contributed by atoms with van der Waals surface area (Å²) < 4.78 is 17.9. The van der Waals surface area contributed by atoms with Gasteiger partial charge in [0.2, 0.25) is 0 Å². The van der Waals surface area contributed by atoms with Crippen molar-refractivity contribution in [3.63, 3.8) is 0 Å². The van der Waals surface area contributed by atoms with Crippen molar-refractivity contribution in [3.05, 3.63) is 96.1 Å². The van der Waals surface area contributed by atoms with E-state index in [1.54, 1.807) is 42.5 Å². The van der Waals surface area contributed by atoms with Crippen LogP contribution in [0.4, 0.5) is 0 Å². The topological polar surface area (TPSA) is 85.4 Å². The minimum absolute atomic E-state index is 0.227. The number of nitrogens with zero attached hydrogens (tertiary/aromatic N) is 1. The zero-order valence-electron chi connectivity index (χ0n) is 18.1. The number of carbonyl (C=O) groups excluding carboxylic acids is 2. The highest BCUT2D eigenvalue weighted by atomic mass is 32.2. The lowest BCUT2D eigenvalue weighted by atomic mass is 10.0. The lowest BCUT2D eigenvalue weighted by molar-refractivity contribution is -0.143. The van der Waals surface area contributed by atoms with Crippen LogP contribution in [0.2, 0.25) is 0 Å². The number of nitrogens with one attached hydrogen (secondary N) is 1. The SMILES string of the molecule is COC(=O)[C@H](NC(=O)c1c(S(C)=O)c(-c2ccccc2)nc2ccccc12)c1ccccc1. The molecular formula is C26H22N2O4S. The molecule has 6 nitrogen and oxygen atoms in total. The Balaban J connectivity index is 1.92. The number of fused-ring (bicyclic) bond motifs is 1. The fourth-order valence-corrected chi connectivity index (χ4v) is 4.66. The lowest BCUT2D eigenvalue weighted by Crippen LogP contribution is -2.35. The summed E-state index contributed by atoms with van der Waals surface area (Å²) in [6.07, 6.45) is 1.52. The molecule has 0 spiro atoms. The molecule has 166 valence electrons. The number of para-hydroxylation sites is 1. The van der Waals surface area contributed by atoms with Crippen molar-refractivity contribution in [1.82, 2.24) is 10.3 Å². The van der Waals surface area contributed by atoms with Crippen molar-refractivity contribution in [2.75, 3.05) is 13.4 Å². The molecule has 0 aliphatic carbocycles. The summed E-state index contributed by atoms with van der Waals surface area (Å²) in [6.45, 7) is 0. The van der Waals surface area contributed by atoms with Gasteiger partial charge in [-0.15, -0.1) is 0 Å². The minimum atomic E-state index is -1.54. The van der Waals surface area contributed by atoms with Gasteiger partial charge in [0.05, 0.1) is 39.6 Å². The number of aromatic nitrogens is 1. The van der Waals surface area contributed by atoms with Crippen LogP contribution in [0.1, 0.15) is 22.0 Å². The van der Waals surface area contributed by atoms with E-state index in [-0.39, 0.29) is 5.56 Å². The molecule has 1 unspecified atom stereocenters. The van der Waals surface area contributed by atoms with E-state index in [4.69, 9.17) is 9.72 Å². The largest absolute Gasteiger partial charge is 0.467 e. The van der Waals surface area contributed by atoms with Crippen LogP contribution in [0.25, 0.3) is 22.2 Å². The molecule has 0 radical (unpaired) electrons. The Morgan fingerprint density at radius 1 is 0.909 bits per heavy atom. The summed E-state index contributed by atoms with van der Waals surface area (Å²) in [5.74, 6) is -1.13. The first kappa shape index (κ1) is 22.4. The van der Waals surface area contributed by atoms with Crippen molar-refractivity contribution in [1.29, 1.82) is 0 Å². The van der Waals surface area contributed by atoms with E-state index in [1.807, 2.05) is 42.5 Å². The molecule has 0 saturated heterocycles.